The minimum atomic E-state index is -4.17. The van der Waals surface area contributed by atoms with Crippen molar-refractivity contribution >= 4 is 51.6 Å². The van der Waals surface area contributed by atoms with Crippen LogP contribution in [0.3, 0.4) is 0 Å². The van der Waals surface area contributed by atoms with Gasteiger partial charge in [-0.1, -0.05) is 0 Å². The third-order valence-electron chi connectivity index (χ3n) is 0. The second-order valence-corrected chi connectivity index (χ2v) is 4.44. The summed E-state index contributed by atoms with van der Waals surface area (Å²) in [7, 11) is 0. The Morgan fingerprint density at radius 1 is 1.30 bits per heavy atom. The predicted molar refractivity (Wildman–Crippen MR) is 36.0 cm³/mol. The molecule has 0 aromatic carbocycles. The van der Waals surface area contributed by atoms with E-state index in [4.69, 9.17) is 24.1 Å². The topological polar surface area (TPSA) is 115 Å². The minimum absolute atomic E-state index is 0. The molecule has 10 heteroatoms. The first-order chi connectivity index (χ1) is 3.73. The van der Waals surface area contributed by atoms with Crippen LogP contribution in [0.2, 0.25) is 0 Å². The molecule has 0 aliphatic carbocycles. The van der Waals surface area contributed by atoms with E-state index >= 15 is 0 Å². The fourth-order valence-electron chi connectivity index (χ4n) is 0. The van der Waals surface area contributed by atoms with Crippen molar-refractivity contribution in [3.05, 3.63) is 0 Å². The quantitative estimate of drug-likeness (QED) is 0.340. The van der Waals surface area contributed by atoms with Crippen LogP contribution >= 0.6 is 30.6 Å². The molecule has 0 bridgehead atoms. The van der Waals surface area contributed by atoms with Crippen LogP contribution in [-0.2, 0) is 7.58 Å². The van der Waals surface area contributed by atoms with Gasteiger partial charge in [0.05, 0.1) is 0 Å². The van der Waals surface area contributed by atoms with Gasteiger partial charge in [0.15, 0.2) is 0 Å². The zero-order valence-electron chi connectivity index (χ0n) is 4.29. The van der Waals surface area contributed by atoms with Gasteiger partial charge in [-0.15, -0.1) is 12.4 Å². The molecule has 0 aromatic rings. The van der Waals surface area contributed by atoms with Crippen molar-refractivity contribution in [2.75, 3.05) is 0 Å². The van der Waals surface area contributed by atoms with Gasteiger partial charge >= 0.3 is 37.8 Å². The van der Waals surface area contributed by atoms with E-state index in [0.717, 1.165) is 0 Å². The summed E-state index contributed by atoms with van der Waals surface area (Å²) in [6, 6.07) is 0. The van der Waals surface area contributed by atoms with E-state index in [-0.39, 0.29) is 12.4 Å². The van der Waals surface area contributed by atoms with E-state index in [1.807, 2.05) is 0 Å². The number of hydrogen-bond donors (Lipinski definition) is 4. The Morgan fingerprint density at radius 2 is 1.30 bits per heavy atom. The van der Waals surface area contributed by atoms with Gasteiger partial charge in [-0.2, -0.15) is 0 Å². The second kappa shape index (κ2) is 8.37. The molecular formula is H5Cl2O6PSb. The van der Waals surface area contributed by atoms with Crippen LogP contribution in [-0.4, -0.2) is 37.6 Å². The molecule has 6 nitrogen and oxygen atoms in total. The van der Waals surface area contributed by atoms with Gasteiger partial charge in [-0.3, -0.25) is 0 Å². The van der Waals surface area contributed by atoms with Crippen LogP contribution in [0.25, 0.3) is 0 Å². The molecule has 0 unspecified atom stereocenters. The first-order valence-corrected chi connectivity index (χ1v) is 7.18. The molecule has 0 heterocycles. The Kier molecular flexibility index (Phi) is 14.5. The molecule has 0 saturated carbocycles. The van der Waals surface area contributed by atoms with Crippen molar-refractivity contribution in [2.24, 2.45) is 0 Å². The molecule has 0 fully saturated rings. The summed E-state index contributed by atoms with van der Waals surface area (Å²) < 4.78 is 32.4. The zero-order valence-corrected chi connectivity index (χ0v) is 9.31. The van der Waals surface area contributed by atoms with Gasteiger partial charge in [0.1, 0.15) is 0 Å². The van der Waals surface area contributed by atoms with Gasteiger partial charge < -0.3 is 9.79 Å². The fraction of sp³-hybridized carbons (Fsp3) is 0. The summed E-state index contributed by atoms with van der Waals surface area (Å²) >= 11 is 0.497. The molecule has 0 amide bonds. The van der Waals surface area contributed by atoms with Gasteiger partial charge in [0.2, 0.25) is 0 Å². The summed E-state index contributed by atoms with van der Waals surface area (Å²) in [5, 5.41) is 0. The van der Waals surface area contributed by atoms with Crippen molar-refractivity contribution in [3.8, 4) is 0 Å². The summed E-state index contributed by atoms with van der Waals surface area (Å²) in [6.07, 6.45) is 0. The van der Waals surface area contributed by atoms with Crippen LogP contribution in [0.5, 0.6) is 0 Å². The van der Waals surface area contributed by atoms with Crippen molar-refractivity contribution in [1.82, 2.24) is 0 Å². The van der Waals surface area contributed by atoms with Crippen molar-refractivity contribution in [3.63, 3.8) is 0 Å². The van der Waals surface area contributed by atoms with Crippen LogP contribution in [0, 0.1) is 0 Å². The van der Waals surface area contributed by atoms with Crippen molar-refractivity contribution in [2.45, 2.75) is 0 Å². The van der Waals surface area contributed by atoms with Crippen LogP contribution in [0.1, 0.15) is 0 Å². The summed E-state index contributed by atoms with van der Waals surface area (Å²) in [6.45, 7) is -4.17. The molecule has 0 spiro atoms. The third kappa shape index (κ3) is 394. The molecule has 0 aliphatic rings. The zero-order chi connectivity index (χ0) is 8.08. The first kappa shape index (κ1) is 17.4. The first-order valence-electron chi connectivity index (χ1n) is 1.33. The van der Waals surface area contributed by atoms with Gasteiger partial charge in [0.25, 0.3) is 0 Å². The predicted octanol–water partition coefficient (Wildman–Crippen LogP) is -0.874. The number of hydrogen-bond acceptors (Lipinski definition) is 2. The summed E-state index contributed by atoms with van der Waals surface area (Å²) in [5.41, 5.74) is 0. The maximum atomic E-state index is 9.09. The molecule has 0 aliphatic heterocycles. The molecular weight excluding hydrogens is 320 g/mol. The summed E-state index contributed by atoms with van der Waals surface area (Å²) in [5.74, 6) is 0. The van der Waals surface area contributed by atoms with Crippen molar-refractivity contribution in [1.29, 1.82) is 0 Å². The van der Waals surface area contributed by atoms with Crippen LogP contribution in [0.15, 0.2) is 0 Å². The Labute approximate surface area is 75.7 Å². The van der Waals surface area contributed by atoms with E-state index in [9.17, 15) is 0 Å². The van der Waals surface area contributed by atoms with E-state index < -0.39 is 28.0 Å². The Morgan fingerprint density at radius 3 is 1.30 bits per heavy atom. The van der Waals surface area contributed by atoms with Crippen molar-refractivity contribution < 1.29 is 24.1 Å². The Balaban J connectivity index is -0.0000000910. The molecule has 0 atom stereocenters. The molecule has 1 radical (unpaired) electrons. The normalized spacial score (nSPS) is 8.50. The van der Waals surface area contributed by atoms with E-state index in [0.29, 0.717) is 0 Å². The molecule has 4 N–H and O–H groups in total. The summed E-state index contributed by atoms with van der Waals surface area (Å²) in [4.78, 5) is 14.8. The van der Waals surface area contributed by atoms with Crippen LogP contribution in [0.4, 0.5) is 0 Å². The molecule has 65 valence electrons. The fourth-order valence-corrected chi connectivity index (χ4v) is 0. The monoisotopic (exact) mass is 323 g/mol. The maximum absolute atomic E-state index is 9.09. The van der Waals surface area contributed by atoms with Gasteiger partial charge in [-0.05, 0) is 0 Å². The molecule has 0 aromatic heterocycles. The average Bonchev–Trinajstić information content (AvgIpc) is 1.19. The molecule has 10 heavy (non-hydrogen) atoms. The molecule has 0 rings (SSSR count). The van der Waals surface area contributed by atoms with Crippen LogP contribution < -0.4 is 0 Å². The average molecular weight is 325 g/mol. The second-order valence-electron chi connectivity index (χ2n) is 0.726. The van der Waals surface area contributed by atoms with E-state index in [2.05, 4.69) is 11.2 Å². The number of rotatable bonds is 0. The third-order valence-corrected chi connectivity index (χ3v) is 0. The standard InChI is InChI=1S/ClH2O3P.ClH.2H2O.O.Sb/c1-5(2,3)4;;;;;/h(H2,2,3,4);1H;2*1H2;;/q;;;;;+2/p-2. The Hall–Kier alpha value is 1.27. The van der Waals surface area contributed by atoms with E-state index in [1.165, 1.54) is 0 Å². The molecule has 0 saturated heterocycles. The van der Waals surface area contributed by atoms with Gasteiger partial charge in [0, 0.05) is 11.2 Å². The SMILES string of the molecule is Cl.O=P(O)(O)Cl.[O]=[Sb]([OH])[OH]. The Bertz CT molecular complexity index is 115. The van der Waals surface area contributed by atoms with Gasteiger partial charge in [-0.25, -0.2) is 4.57 Å². The van der Waals surface area contributed by atoms with E-state index in [1.54, 1.807) is 0 Å². The number of halogens is 2.